The number of pyridine rings is 1. The number of hydrogen-bond acceptors (Lipinski definition) is 8. The van der Waals surface area contributed by atoms with Crippen LogP contribution in [0.1, 0.15) is 49.4 Å². The molecule has 266 valence electrons. The molecule has 9 heteroatoms. The van der Waals surface area contributed by atoms with E-state index in [1.807, 2.05) is 87.0 Å². The van der Waals surface area contributed by atoms with Gasteiger partial charge in [0.1, 0.15) is 53.5 Å². The third kappa shape index (κ3) is 5.72. The van der Waals surface area contributed by atoms with Crippen molar-refractivity contribution in [2.45, 2.75) is 63.1 Å². The van der Waals surface area contributed by atoms with Gasteiger partial charge in [-0.1, -0.05) is 91.0 Å². The van der Waals surface area contributed by atoms with Crippen LogP contribution in [-0.4, -0.2) is 49.7 Å². The summed E-state index contributed by atoms with van der Waals surface area (Å²) in [5.74, 6) is 0.626. The molecule has 0 aliphatic carbocycles. The Morgan fingerprint density at radius 2 is 1.43 bits per heavy atom. The molecule has 1 N–H and O–H groups in total. The molecule has 2 saturated heterocycles. The summed E-state index contributed by atoms with van der Waals surface area (Å²) in [6.45, 7) is 8.15. The van der Waals surface area contributed by atoms with Crippen LogP contribution >= 0.6 is 0 Å². The first kappa shape index (κ1) is 33.2. The second kappa shape index (κ2) is 12.8. The van der Waals surface area contributed by atoms with Crippen molar-refractivity contribution in [3.05, 3.63) is 162 Å². The molecule has 4 aromatic carbocycles. The second-order valence-corrected chi connectivity index (χ2v) is 14.5. The second-order valence-electron chi connectivity index (χ2n) is 14.5. The van der Waals surface area contributed by atoms with E-state index in [0.717, 1.165) is 50.1 Å². The standard InChI is InChI=1S/C44H41N5O4/c1-29-35-24-25-49(40(35)46-28-45-29)41-39-43(4,53-42(2,3)52-39)37(51-41)27-50-34-22-20-30-21-23-38(47-36(30)26-34)48-44(31-14-8-5-9-15-31,32-16-10-6-11-17-32)33-18-12-7-13-19-33/h5-26,28,37,39,41H,27H2,1-4H3,(H,47,48)/t37-,39+,41-,43-/m1/s1. The molecule has 2 aliphatic heterocycles. The molecule has 3 aromatic heterocycles. The van der Waals surface area contributed by atoms with Crippen molar-refractivity contribution < 1.29 is 18.9 Å². The average molecular weight is 704 g/mol. The van der Waals surface area contributed by atoms with Crippen LogP contribution in [0.15, 0.2) is 140 Å². The SMILES string of the molecule is Cc1ncnc2c1ccn2[C@@H]1O[C@H](COc2ccc3ccc(NC(c4ccccc4)(c4ccccc4)c4ccccc4)nc3c2)[C@@]2(C)OC(C)(C)O[C@@H]12. The molecule has 4 atom stereocenters. The third-order valence-electron chi connectivity index (χ3n) is 10.6. The Bertz CT molecular complexity index is 2310. The molecular weight excluding hydrogens is 663 g/mol. The highest BCUT2D eigenvalue weighted by atomic mass is 16.8. The quantitative estimate of drug-likeness (QED) is 0.150. The highest BCUT2D eigenvalue weighted by Crippen LogP contribution is 2.51. The van der Waals surface area contributed by atoms with Gasteiger partial charge in [-0.2, -0.15) is 0 Å². The van der Waals surface area contributed by atoms with Crippen LogP contribution in [0.2, 0.25) is 0 Å². The largest absolute Gasteiger partial charge is 0.491 e. The lowest BCUT2D eigenvalue weighted by atomic mass is 9.77. The lowest BCUT2D eigenvalue weighted by molar-refractivity contribution is -0.213. The minimum Gasteiger partial charge on any atom is -0.491 e. The van der Waals surface area contributed by atoms with Crippen LogP contribution in [0.3, 0.4) is 0 Å². The van der Waals surface area contributed by atoms with E-state index >= 15 is 0 Å². The lowest BCUT2D eigenvalue weighted by Gasteiger charge is -2.37. The summed E-state index contributed by atoms with van der Waals surface area (Å²) in [6.07, 6.45) is 2.28. The number of anilines is 1. The Hall–Kier alpha value is -5.61. The summed E-state index contributed by atoms with van der Waals surface area (Å²) in [5.41, 5.74) is 4.36. The van der Waals surface area contributed by atoms with Crippen molar-refractivity contribution in [1.29, 1.82) is 0 Å². The normalized spacial score (nSPS) is 22.2. The lowest BCUT2D eigenvalue weighted by Crippen LogP contribution is -2.46. The van der Waals surface area contributed by atoms with E-state index in [0.29, 0.717) is 5.75 Å². The minimum absolute atomic E-state index is 0.249. The Kier molecular flexibility index (Phi) is 8.03. The summed E-state index contributed by atoms with van der Waals surface area (Å²) in [6, 6.07) is 43.7. The monoisotopic (exact) mass is 703 g/mol. The van der Waals surface area contributed by atoms with E-state index in [-0.39, 0.29) is 12.7 Å². The zero-order valence-corrected chi connectivity index (χ0v) is 30.1. The van der Waals surface area contributed by atoms with E-state index in [1.165, 1.54) is 0 Å². The van der Waals surface area contributed by atoms with Crippen molar-refractivity contribution in [3.8, 4) is 5.75 Å². The molecule has 0 amide bonds. The van der Waals surface area contributed by atoms with Gasteiger partial charge in [0.15, 0.2) is 12.0 Å². The Labute approximate surface area is 308 Å². The van der Waals surface area contributed by atoms with Gasteiger partial charge >= 0.3 is 0 Å². The van der Waals surface area contributed by atoms with Gasteiger partial charge in [0.25, 0.3) is 0 Å². The molecule has 0 spiro atoms. The van der Waals surface area contributed by atoms with Crippen LogP contribution in [-0.2, 0) is 19.7 Å². The first-order valence-electron chi connectivity index (χ1n) is 18.0. The van der Waals surface area contributed by atoms with Gasteiger partial charge in [0.2, 0.25) is 0 Å². The summed E-state index contributed by atoms with van der Waals surface area (Å²) >= 11 is 0. The van der Waals surface area contributed by atoms with Gasteiger partial charge in [-0.05, 0) is 74.7 Å². The first-order valence-corrected chi connectivity index (χ1v) is 18.0. The molecule has 53 heavy (non-hydrogen) atoms. The highest BCUT2D eigenvalue weighted by Gasteiger charge is 2.64. The molecule has 9 rings (SSSR count). The molecule has 9 nitrogen and oxygen atoms in total. The van der Waals surface area contributed by atoms with Crippen LogP contribution in [0.4, 0.5) is 5.82 Å². The van der Waals surface area contributed by atoms with Crippen molar-refractivity contribution >= 4 is 27.8 Å². The maximum atomic E-state index is 6.73. The number of ether oxygens (including phenoxy) is 4. The minimum atomic E-state index is -0.793. The number of aromatic nitrogens is 4. The fourth-order valence-corrected chi connectivity index (χ4v) is 8.12. The fourth-order valence-electron chi connectivity index (χ4n) is 8.12. The number of hydrogen-bond donors (Lipinski definition) is 1. The van der Waals surface area contributed by atoms with Gasteiger partial charge in [-0.25, -0.2) is 15.0 Å². The average Bonchev–Trinajstić information content (AvgIpc) is 3.80. The van der Waals surface area contributed by atoms with E-state index in [1.54, 1.807) is 6.33 Å². The molecule has 7 aromatic rings. The van der Waals surface area contributed by atoms with Gasteiger partial charge < -0.3 is 28.8 Å². The first-order chi connectivity index (χ1) is 25.7. The van der Waals surface area contributed by atoms with E-state index in [2.05, 4.69) is 94.1 Å². The predicted octanol–water partition coefficient (Wildman–Crippen LogP) is 8.58. The zero-order valence-electron chi connectivity index (χ0n) is 30.1. The van der Waals surface area contributed by atoms with Crippen molar-refractivity contribution in [2.24, 2.45) is 0 Å². The molecule has 5 heterocycles. The number of nitrogens with zero attached hydrogens (tertiary/aromatic N) is 4. The Morgan fingerprint density at radius 3 is 2.09 bits per heavy atom. The van der Waals surface area contributed by atoms with Gasteiger partial charge in [-0.3, -0.25) is 0 Å². The third-order valence-corrected chi connectivity index (χ3v) is 10.6. The summed E-state index contributed by atoms with van der Waals surface area (Å²) in [7, 11) is 0. The van der Waals surface area contributed by atoms with E-state index < -0.39 is 29.3 Å². The maximum absolute atomic E-state index is 6.73. The topological polar surface area (TPSA) is 92.6 Å². The molecular formula is C44H41N5O4. The molecule has 0 bridgehead atoms. The van der Waals surface area contributed by atoms with Crippen molar-refractivity contribution in [2.75, 3.05) is 11.9 Å². The number of rotatable bonds is 9. The van der Waals surface area contributed by atoms with E-state index in [9.17, 15) is 0 Å². The van der Waals surface area contributed by atoms with Crippen LogP contribution in [0, 0.1) is 6.92 Å². The zero-order chi connectivity index (χ0) is 36.2. The number of aryl methyl sites for hydroxylation is 1. The van der Waals surface area contributed by atoms with Gasteiger partial charge in [-0.15, -0.1) is 0 Å². The van der Waals surface area contributed by atoms with Crippen molar-refractivity contribution in [1.82, 2.24) is 19.5 Å². The highest BCUT2D eigenvalue weighted by molar-refractivity contribution is 5.82. The van der Waals surface area contributed by atoms with Crippen LogP contribution < -0.4 is 10.1 Å². The molecule has 2 fully saturated rings. The number of benzene rings is 4. The van der Waals surface area contributed by atoms with Crippen LogP contribution in [0.5, 0.6) is 5.75 Å². The fraction of sp³-hybridized carbons (Fsp3) is 0.250. The smallest absolute Gasteiger partial charge is 0.165 e. The molecule has 0 radical (unpaired) electrons. The summed E-state index contributed by atoms with van der Waals surface area (Å²) in [5, 5.41) is 5.86. The predicted molar refractivity (Wildman–Crippen MR) is 205 cm³/mol. The summed E-state index contributed by atoms with van der Waals surface area (Å²) in [4.78, 5) is 14.1. The van der Waals surface area contributed by atoms with Gasteiger partial charge in [0.05, 0.1) is 11.2 Å². The number of fused-ring (bicyclic) bond motifs is 3. The van der Waals surface area contributed by atoms with Crippen LogP contribution in [0.25, 0.3) is 21.9 Å². The Balaban J connectivity index is 1.03. The molecule has 2 aliphatic rings. The van der Waals surface area contributed by atoms with E-state index in [4.69, 9.17) is 23.9 Å². The maximum Gasteiger partial charge on any atom is 0.165 e. The molecule has 0 unspecified atom stereocenters. The van der Waals surface area contributed by atoms with Crippen molar-refractivity contribution in [3.63, 3.8) is 0 Å². The van der Waals surface area contributed by atoms with Gasteiger partial charge in [0, 0.05) is 23.0 Å². The summed E-state index contributed by atoms with van der Waals surface area (Å²) < 4.78 is 28.3. The Morgan fingerprint density at radius 1 is 0.792 bits per heavy atom. The number of nitrogens with one attached hydrogen (secondary N) is 1. The molecule has 0 saturated carbocycles.